The van der Waals surface area contributed by atoms with Gasteiger partial charge in [0.05, 0.1) is 17.7 Å². The van der Waals surface area contributed by atoms with E-state index in [2.05, 4.69) is 28.0 Å². The Hall–Kier alpha value is -3.41. The van der Waals surface area contributed by atoms with E-state index in [4.69, 9.17) is 4.98 Å². The van der Waals surface area contributed by atoms with Crippen LogP contribution in [0, 0.1) is 0 Å². The number of carbonyl (C=O) groups is 1. The van der Waals surface area contributed by atoms with Gasteiger partial charge in [-0.25, -0.2) is 4.98 Å². The van der Waals surface area contributed by atoms with Crippen molar-refractivity contribution in [2.75, 3.05) is 5.43 Å². The molecule has 1 amide bonds. The Kier molecular flexibility index (Phi) is 5.06. The van der Waals surface area contributed by atoms with Crippen molar-refractivity contribution in [2.24, 2.45) is 0 Å². The predicted molar refractivity (Wildman–Crippen MR) is 121 cm³/mol. The second-order valence-electron chi connectivity index (χ2n) is 8.65. The third-order valence-electron chi connectivity index (χ3n) is 6.59. The molecule has 2 aliphatic rings. The Labute approximate surface area is 181 Å². The van der Waals surface area contributed by atoms with E-state index in [1.807, 2.05) is 42.5 Å². The van der Waals surface area contributed by atoms with Crippen LogP contribution in [0.25, 0.3) is 11.3 Å². The van der Waals surface area contributed by atoms with E-state index < -0.39 is 0 Å². The number of rotatable bonds is 4. The molecular weight excluding hydrogens is 388 g/mol. The van der Waals surface area contributed by atoms with Crippen molar-refractivity contribution in [3.63, 3.8) is 0 Å². The number of fused-ring (bicyclic) bond motifs is 4. The summed E-state index contributed by atoms with van der Waals surface area (Å²) >= 11 is 0. The van der Waals surface area contributed by atoms with Gasteiger partial charge in [0.1, 0.15) is 0 Å². The zero-order chi connectivity index (χ0) is 21.3. The second-order valence-corrected chi connectivity index (χ2v) is 8.65. The van der Waals surface area contributed by atoms with Crippen molar-refractivity contribution in [1.82, 2.24) is 15.4 Å². The number of carbonyl (C=O) groups excluding carboxylic acids is 1. The molecule has 0 atom stereocenters. The molecule has 0 aliphatic heterocycles. The largest absolute Gasteiger partial charge is 0.291 e. The van der Waals surface area contributed by atoms with Gasteiger partial charge in [0.15, 0.2) is 0 Å². The summed E-state index contributed by atoms with van der Waals surface area (Å²) in [6.07, 6.45) is 6.65. The number of nitrogens with zero attached hydrogens (tertiary/aromatic N) is 1. The highest BCUT2D eigenvalue weighted by Gasteiger charge is 2.42. The summed E-state index contributed by atoms with van der Waals surface area (Å²) in [5.41, 5.74) is 9.95. The van der Waals surface area contributed by atoms with Crippen molar-refractivity contribution in [3.05, 3.63) is 81.6 Å². The maximum Gasteiger partial charge on any atom is 0.256 e. The molecule has 0 saturated heterocycles. The Balaban J connectivity index is 1.45. The van der Waals surface area contributed by atoms with Gasteiger partial charge in [0, 0.05) is 11.0 Å². The third-order valence-corrected chi connectivity index (χ3v) is 6.59. The number of benzene rings is 2. The first-order valence-corrected chi connectivity index (χ1v) is 11.0. The highest BCUT2D eigenvalue weighted by Crippen LogP contribution is 2.48. The normalized spacial score (nSPS) is 16.3. The maximum atomic E-state index is 13.3. The minimum absolute atomic E-state index is 0.110. The van der Waals surface area contributed by atoms with E-state index in [9.17, 15) is 9.59 Å². The summed E-state index contributed by atoms with van der Waals surface area (Å²) in [7, 11) is 0. The van der Waals surface area contributed by atoms with Gasteiger partial charge >= 0.3 is 0 Å². The number of aromatic amines is 1. The molecule has 2 aliphatic carbocycles. The fraction of sp³-hybridized carbons (Fsp3) is 0.320. The molecule has 2 aromatic carbocycles. The molecule has 0 unspecified atom stereocenters. The molecule has 1 heterocycles. The van der Waals surface area contributed by atoms with Crippen molar-refractivity contribution in [2.45, 2.75) is 50.4 Å². The number of nitrogens with one attached hydrogen (secondary N) is 3. The van der Waals surface area contributed by atoms with Crippen molar-refractivity contribution in [1.29, 1.82) is 0 Å². The van der Waals surface area contributed by atoms with Crippen LogP contribution in [-0.4, -0.2) is 15.9 Å². The fourth-order valence-electron chi connectivity index (χ4n) is 5.19. The summed E-state index contributed by atoms with van der Waals surface area (Å²) < 4.78 is 0. The number of anilines is 1. The number of H-pyrrole nitrogens is 1. The zero-order valence-corrected chi connectivity index (χ0v) is 17.4. The minimum atomic E-state index is -0.198. The standard InChI is InChI=1S/C25H26N4O2/c30-20(15-17-9-3-1-4-10-17)28-29-24-26-22-19-12-6-5-11-18(19)16-25(13-7-2-8-14-25)21(22)23(31)27-24/h1,3-6,9-12H,2,7-8,13-16H2,(H,28,30)(H2,26,27,29,31). The number of amides is 1. The summed E-state index contributed by atoms with van der Waals surface area (Å²) in [6, 6.07) is 17.7. The number of aromatic nitrogens is 2. The lowest BCUT2D eigenvalue weighted by atomic mass is 9.62. The van der Waals surface area contributed by atoms with Gasteiger partial charge in [0.25, 0.3) is 5.56 Å². The summed E-state index contributed by atoms with van der Waals surface area (Å²) in [5, 5.41) is 0. The van der Waals surface area contributed by atoms with Crippen LogP contribution in [0.1, 0.15) is 48.8 Å². The first-order chi connectivity index (χ1) is 15.1. The average Bonchev–Trinajstić information content (AvgIpc) is 2.79. The average molecular weight is 415 g/mol. The molecule has 1 aromatic heterocycles. The second kappa shape index (κ2) is 8.02. The van der Waals surface area contributed by atoms with Crippen LogP contribution in [0.5, 0.6) is 0 Å². The molecular formula is C25H26N4O2. The third kappa shape index (κ3) is 3.74. The summed E-state index contributed by atoms with van der Waals surface area (Å²) in [5.74, 6) is 0.0588. The Morgan fingerprint density at radius 1 is 1.00 bits per heavy atom. The highest BCUT2D eigenvalue weighted by molar-refractivity contribution is 5.79. The Bertz CT molecular complexity index is 1160. The van der Waals surface area contributed by atoms with Gasteiger partial charge in [-0.1, -0.05) is 73.9 Å². The van der Waals surface area contributed by atoms with Crippen molar-refractivity contribution in [3.8, 4) is 11.3 Å². The SMILES string of the molecule is O=C(Cc1ccccc1)NNc1nc2c(c(=O)[nH]1)C1(CCCCC1)Cc1ccccc1-2. The van der Waals surface area contributed by atoms with E-state index in [0.717, 1.165) is 54.5 Å². The van der Waals surface area contributed by atoms with Crippen LogP contribution < -0.4 is 16.4 Å². The molecule has 31 heavy (non-hydrogen) atoms. The van der Waals surface area contributed by atoms with E-state index in [0.29, 0.717) is 0 Å². The van der Waals surface area contributed by atoms with Gasteiger partial charge in [0.2, 0.25) is 11.9 Å². The van der Waals surface area contributed by atoms with E-state index >= 15 is 0 Å². The smallest absolute Gasteiger partial charge is 0.256 e. The number of hydrazine groups is 1. The van der Waals surface area contributed by atoms with Crippen LogP contribution in [0.2, 0.25) is 0 Å². The Morgan fingerprint density at radius 3 is 2.55 bits per heavy atom. The molecule has 3 N–H and O–H groups in total. The zero-order valence-electron chi connectivity index (χ0n) is 17.4. The van der Waals surface area contributed by atoms with Gasteiger partial charge in [-0.2, -0.15) is 0 Å². The monoisotopic (exact) mass is 414 g/mol. The maximum absolute atomic E-state index is 13.3. The first-order valence-electron chi connectivity index (χ1n) is 11.0. The minimum Gasteiger partial charge on any atom is -0.291 e. The van der Waals surface area contributed by atoms with Gasteiger partial charge in [-0.3, -0.25) is 25.4 Å². The molecule has 1 fully saturated rings. The van der Waals surface area contributed by atoms with Crippen LogP contribution >= 0.6 is 0 Å². The molecule has 0 bridgehead atoms. The van der Waals surface area contributed by atoms with Crippen LogP contribution in [0.15, 0.2) is 59.4 Å². The molecule has 6 nitrogen and oxygen atoms in total. The van der Waals surface area contributed by atoms with Crippen molar-refractivity contribution < 1.29 is 4.79 Å². The molecule has 1 saturated carbocycles. The molecule has 5 rings (SSSR count). The molecule has 158 valence electrons. The highest BCUT2D eigenvalue weighted by atomic mass is 16.2. The molecule has 1 spiro atoms. The van der Waals surface area contributed by atoms with Crippen LogP contribution in [0.3, 0.4) is 0 Å². The van der Waals surface area contributed by atoms with E-state index in [1.54, 1.807) is 0 Å². The summed E-state index contributed by atoms with van der Waals surface area (Å²) in [6.45, 7) is 0. The van der Waals surface area contributed by atoms with Crippen LogP contribution in [0.4, 0.5) is 5.95 Å². The molecule has 0 radical (unpaired) electrons. The number of hydrogen-bond donors (Lipinski definition) is 3. The Morgan fingerprint density at radius 2 is 1.74 bits per heavy atom. The van der Waals surface area contributed by atoms with Gasteiger partial charge in [-0.15, -0.1) is 0 Å². The van der Waals surface area contributed by atoms with Gasteiger partial charge in [-0.05, 0) is 30.4 Å². The number of hydrogen-bond acceptors (Lipinski definition) is 4. The first kappa shape index (κ1) is 19.5. The lowest BCUT2D eigenvalue weighted by molar-refractivity contribution is -0.119. The lowest BCUT2D eigenvalue weighted by Crippen LogP contribution is -2.41. The van der Waals surface area contributed by atoms with E-state index in [1.165, 1.54) is 12.0 Å². The fourth-order valence-corrected chi connectivity index (χ4v) is 5.19. The summed E-state index contributed by atoms with van der Waals surface area (Å²) in [4.78, 5) is 33.2. The van der Waals surface area contributed by atoms with Gasteiger partial charge < -0.3 is 0 Å². The van der Waals surface area contributed by atoms with Crippen LogP contribution in [-0.2, 0) is 23.1 Å². The van der Waals surface area contributed by atoms with Crippen molar-refractivity contribution >= 4 is 11.9 Å². The topological polar surface area (TPSA) is 86.9 Å². The van der Waals surface area contributed by atoms with E-state index in [-0.39, 0.29) is 29.3 Å². The predicted octanol–water partition coefficient (Wildman–Crippen LogP) is 3.88. The molecule has 3 aromatic rings. The molecule has 6 heteroatoms. The lowest BCUT2D eigenvalue weighted by Gasteiger charge is -2.41. The quantitative estimate of drug-likeness (QED) is 0.566.